The van der Waals surface area contributed by atoms with Crippen LogP contribution < -0.4 is 5.32 Å². The number of thiophene rings is 1. The first-order chi connectivity index (χ1) is 10.4. The molecule has 0 spiro atoms. The monoisotopic (exact) mass is 314 g/mol. The van der Waals surface area contributed by atoms with E-state index in [1.165, 1.54) is 15.4 Å². The van der Waals surface area contributed by atoms with Crippen molar-refractivity contribution in [1.29, 1.82) is 0 Å². The summed E-state index contributed by atoms with van der Waals surface area (Å²) in [5.74, 6) is 0. The Morgan fingerprint density at radius 3 is 2.57 bits per heavy atom. The third-order valence-electron chi connectivity index (χ3n) is 3.27. The van der Waals surface area contributed by atoms with E-state index in [9.17, 15) is 0 Å². The van der Waals surface area contributed by atoms with Crippen LogP contribution in [0.4, 0.5) is 0 Å². The highest BCUT2D eigenvalue weighted by Gasteiger charge is 2.04. The second kappa shape index (κ2) is 7.50. The van der Waals surface area contributed by atoms with Gasteiger partial charge in [0.2, 0.25) is 0 Å². The van der Waals surface area contributed by atoms with Gasteiger partial charge < -0.3 is 5.32 Å². The molecule has 0 aliphatic rings. The first-order valence-corrected chi connectivity index (χ1v) is 8.91. The first kappa shape index (κ1) is 14.4. The van der Waals surface area contributed by atoms with Crippen LogP contribution in [0, 0.1) is 0 Å². The Kier molecular flexibility index (Phi) is 5.16. The molecule has 0 saturated heterocycles. The van der Waals surface area contributed by atoms with Gasteiger partial charge in [-0.1, -0.05) is 36.4 Å². The summed E-state index contributed by atoms with van der Waals surface area (Å²) < 4.78 is 0. The molecule has 0 unspecified atom stereocenters. The minimum Gasteiger partial charge on any atom is -0.316 e. The van der Waals surface area contributed by atoms with Crippen LogP contribution in [0.25, 0.3) is 10.6 Å². The molecule has 1 N–H and O–H groups in total. The lowest BCUT2D eigenvalue weighted by Crippen LogP contribution is -2.20. The Labute approximate surface area is 133 Å². The highest BCUT2D eigenvalue weighted by atomic mass is 32.1. The van der Waals surface area contributed by atoms with Gasteiger partial charge in [0.15, 0.2) is 0 Å². The third-order valence-corrected chi connectivity index (χ3v) is 5.08. The summed E-state index contributed by atoms with van der Waals surface area (Å²) in [7, 11) is 0. The van der Waals surface area contributed by atoms with Crippen molar-refractivity contribution < 1.29 is 0 Å². The summed E-state index contributed by atoms with van der Waals surface area (Å²) in [5.41, 5.74) is 2.51. The Morgan fingerprint density at radius 1 is 0.905 bits per heavy atom. The molecule has 0 aliphatic heterocycles. The van der Waals surface area contributed by atoms with E-state index < -0.39 is 0 Å². The van der Waals surface area contributed by atoms with Crippen LogP contribution >= 0.6 is 22.7 Å². The van der Waals surface area contributed by atoms with Gasteiger partial charge in [0.05, 0.1) is 15.6 Å². The number of benzene rings is 1. The van der Waals surface area contributed by atoms with Crippen LogP contribution in [0.1, 0.15) is 10.6 Å². The van der Waals surface area contributed by atoms with E-state index in [0.29, 0.717) is 0 Å². The number of thiazole rings is 1. The molecule has 0 aliphatic carbocycles. The minimum absolute atomic E-state index is 0.990. The predicted octanol–water partition coefficient (Wildman–Crippen LogP) is 4.25. The molecule has 0 atom stereocenters. The fourth-order valence-corrected chi connectivity index (χ4v) is 3.72. The van der Waals surface area contributed by atoms with Crippen molar-refractivity contribution in [2.75, 3.05) is 13.1 Å². The number of nitrogens with one attached hydrogen (secondary N) is 1. The maximum Gasteiger partial charge on any atom is 0.0945 e. The van der Waals surface area contributed by atoms with Gasteiger partial charge in [-0.05, 0) is 30.0 Å². The van der Waals surface area contributed by atoms with Gasteiger partial charge in [0.1, 0.15) is 0 Å². The lowest BCUT2D eigenvalue weighted by atomic mass is 10.1. The average Bonchev–Trinajstić information content (AvgIpc) is 3.19. The molecular formula is C17H18N2S2. The lowest BCUT2D eigenvalue weighted by Gasteiger charge is -2.03. The summed E-state index contributed by atoms with van der Waals surface area (Å²) in [4.78, 5) is 5.96. The molecule has 3 rings (SSSR count). The molecular weight excluding hydrogens is 296 g/mol. The molecule has 2 aromatic heterocycles. The number of rotatable bonds is 7. The third kappa shape index (κ3) is 4.24. The molecule has 2 nitrogen and oxygen atoms in total. The van der Waals surface area contributed by atoms with E-state index in [2.05, 4.69) is 58.5 Å². The Morgan fingerprint density at radius 2 is 1.76 bits per heavy atom. The quantitative estimate of drug-likeness (QED) is 0.660. The number of nitrogens with zero attached hydrogens (tertiary/aromatic N) is 1. The molecule has 3 aromatic rings. The number of hydrogen-bond donors (Lipinski definition) is 1. The first-order valence-electron chi connectivity index (χ1n) is 7.15. The second-order valence-electron chi connectivity index (χ2n) is 4.84. The topological polar surface area (TPSA) is 24.9 Å². The molecule has 21 heavy (non-hydrogen) atoms. The van der Waals surface area contributed by atoms with Crippen molar-refractivity contribution in [2.45, 2.75) is 12.8 Å². The molecule has 0 bridgehead atoms. The van der Waals surface area contributed by atoms with Crippen LogP contribution in [0.5, 0.6) is 0 Å². The van der Waals surface area contributed by atoms with E-state index in [-0.39, 0.29) is 0 Å². The minimum atomic E-state index is 0.990. The van der Waals surface area contributed by atoms with E-state index in [1.54, 1.807) is 22.7 Å². The number of aromatic nitrogens is 1. The molecule has 2 heterocycles. The van der Waals surface area contributed by atoms with Crippen molar-refractivity contribution in [3.8, 4) is 10.6 Å². The van der Waals surface area contributed by atoms with Crippen LogP contribution in [-0.2, 0) is 12.8 Å². The van der Waals surface area contributed by atoms with E-state index in [0.717, 1.165) is 31.6 Å². The van der Waals surface area contributed by atoms with Crippen molar-refractivity contribution in [3.05, 3.63) is 63.8 Å². The summed E-state index contributed by atoms with van der Waals surface area (Å²) in [5, 5.41) is 8.96. The molecule has 0 saturated carbocycles. The van der Waals surface area contributed by atoms with Gasteiger partial charge in [-0.2, -0.15) is 0 Å². The maximum atomic E-state index is 4.70. The van der Waals surface area contributed by atoms with Gasteiger partial charge in [-0.15, -0.1) is 22.7 Å². The zero-order valence-corrected chi connectivity index (χ0v) is 13.4. The molecule has 0 amide bonds. The smallest absolute Gasteiger partial charge is 0.0945 e. The van der Waals surface area contributed by atoms with Gasteiger partial charge in [0, 0.05) is 18.3 Å². The summed E-state index contributed by atoms with van der Waals surface area (Å²) >= 11 is 3.51. The maximum absolute atomic E-state index is 4.70. The molecule has 4 heteroatoms. The summed E-state index contributed by atoms with van der Waals surface area (Å²) in [6.45, 7) is 2.01. The molecule has 1 aromatic carbocycles. The van der Waals surface area contributed by atoms with Gasteiger partial charge >= 0.3 is 0 Å². The van der Waals surface area contributed by atoms with E-state index in [1.807, 2.05) is 0 Å². The van der Waals surface area contributed by atoms with Gasteiger partial charge in [-0.25, -0.2) is 4.98 Å². The van der Waals surface area contributed by atoms with E-state index >= 15 is 0 Å². The molecule has 108 valence electrons. The Hall–Kier alpha value is -1.49. The summed E-state index contributed by atoms with van der Waals surface area (Å²) in [6.07, 6.45) is 2.09. The molecule has 0 radical (unpaired) electrons. The van der Waals surface area contributed by atoms with Gasteiger partial charge in [0.25, 0.3) is 0 Å². The largest absolute Gasteiger partial charge is 0.316 e. The van der Waals surface area contributed by atoms with Gasteiger partial charge in [-0.3, -0.25) is 0 Å². The van der Waals surface area contributed by atoms with E-state index in [4.69, 9.17) is 4.98 Å². The average molecular weight is 314 g/mol. The van der Waals surface area contributed by atoms with Crippen LogP contribution in [0.3, 0.4) is 0 Å². The van der Waals surface area contributed by atoms with Crippen molar-refractivity contribution in [3.63, 3.8) is 0 Å². The number of hydrogen-bond acceptors (Lipinski definition) is 4. The predicted molar refractivity (Wildman–Crippen MR) is 92.1 cm³/mol. The summed E-state index contributed by atoms with van der Waals surface area (Å²) in [6, 6.07) is 14.8. The fourth-order valence-electron chi connectivity index (χ4n) is 2.16. The van der Waals surface area contributed by atoms with Crippen molar-refractivity contribution >= 4 is 22.7 Å². The Bertz CT molecular complexity index is 645. The SMILES string of the molecule is c1ccc(CCNCCc2nc(-c3cccs3)cs2)cc1. The molecule has 0 fully saturated rings. The highest BCUT2D eigenvalue weighted by Crippen LogP contribution is 2.26. The van der Waals surface area contributed by atoms with Crippen LogP contribution in [-0.4, -0.2) is 18.1 Å². The second-order valence-corrected chi connectivity index (χ2v) is 6.73. The standard InChI is InChI=1S/C17H18N2S2/c1-2-5-14(6-3-1)8-10-18-11-9-17-19-15(13-21-17)16-7-4-12-20-16/h1-7,12-13,18H,8-11H2. The van der Waals surface area contributed by atoms with Crippen molar-refractivity contribution in [2.24, 2.45) is 0 Å². The van der Waals surface area contributed by atoms with Crippen LogP contribution in [0.2, 0.25) is 0 Å². The van der Waals surface area contributed by atoms with Crippen molar-refractivity contribution in [1.82, 2.24) is 10.3 Å². The zero-order chi connectivity index (χ0) is 14.3. The zero-order valence-electron chi connectivity index (χ0n) is 11.8. The normalized spacial score (nSPS) is 10.9. The highest BCUT2D eigenvalue weighted by molar-refractivity contribution is 7.14. The lowest BCUT2D eigenvalue weighted by molar-refractivity contribution is 0.680. The fraction of sp³-hybridized carbons (Fsp3) is 0.235. The van der Waals surface area contributed by atoms with Crippen LogP contribution in [0.15, 0.2) is 53.2 Å². The Balaban J connectivity index is 1.40.